The van der Waals surface area contributed by atoms with Crippen LogP contribution in [0.2, 0.25) is 0 Å². The van der Waals surface area contributed by atoms with Crippen molar-refractivity contribution in [3.63, 3.8) is 0 Å². The molecule has 0 spiro atoms. The Morgan fingerprint density at radius 3 is 2.89 bits per heavy atom. The SMILES string of the molecule is CNc1cccc(C(=O)NCCN(C)CCOC)n1. The van der Waals surface area contributed by atoms with E-state index in [1.54, 1.807) is 26.3 Å². The van der Waals surface area contributed by atoms with Crippen molar-refractivity contribution in [2.45, 2.75) is 0 Å². The highest BCUT2D eigenvalue weighted by molar-refractivity contribution is 5.92. The molecule has 0 aliphatic carbocycles. The summed E-state index contributed by atoms with van der Waals surface area (Å²) in [5.74, 6) is 0.530. The monoisotopic (exact) mass is 266 g/mol. The zero-order chi connectivity index (χ0) is 14.1. The average molecular weight is 266 g/mol. The first-order valence-corrected chi connectivity index (χ1v) is 6.28. The summed E-state index contributed by atoms with van der Waals surface area (Å²) in [7, 11) is 5.44. The second kappa shape index (κ2) is 8.44. The van der Waals surface area contributed by atoms with E-state index in [0.29, 0.717) is 24.7 Å². The molecule has 0 aliphatic rings. The van der Waals surface area contributed by atoms with Gasteiger partial charge < -0.3 is 20.3 Å². The second-order valence-electron chi connectivity index (χ2n) is 4.21. The Labute approximate surface area is 114 Å². The van der Waals surface area contributed by atoms with E-state index in [4.69, 9.17) is 4.74 Å². The number of rotatable bonds is 8. The number of methoxy groups -OCH3 is 1. The lowest BCUT2D eigenvalue weighted by Gasteiger charge is -2.16. The van der Waals surface area contributed by atoms with Crippen molar-refractivity contribution in [1.29, 1.82) is 0 Å². The molecule has 0 fully saturated rings. The molecule has 1 amide bonds. The molecule has 0 saturated carbocycles. The molecular weight excluding hydrogens is 244 g/mol. The Balaban J connectivity index is 2.34. The minimum Gasteiger partial charge on any atom is -0.383 e. The first-order valence-electron chi connectivity index (χ1n) is 6.28. The Morgan fingerprint density at radius 1 is 1.42 bits per heavy atom. The summed E-state index contributed by atoms with van der Waals surface area (Å²) in [6, 6.07) is 5.32. The number of nitrogens with one attached hydrogen (secondary N) is 2. The molecular formula is C13H22N4O2. The first-order chi connectivity index (χ1) is 9.17. The van der Waals surface area contributed by atoms with Gasteiger partial charge in [0.05, 0.1) is 6.61 Å². The number of nitrogens with zero attached hydrogens (tertiary/aromatic N) is 2. The van der Waals surface area contributed by atoms with Gasteiger partial charge in [0.2, 0.25) is 0 Å². The lowest BCUT2D eigenvalue weighted by atomic mass is 10.3. The molecule has 0 radical (unpaired) electrons. The van der Waals surface area contributed by atoms with Crippen molar-refractivity contribution < 1.29 is 9.53 Å². The first kappa shape index (κ1) is 15.4. The number of hydrogen-bond donors (Lipinski definition) is 2. The van der Waals surface area contributed by atoms with Gasteiger partial charge in [0.15, 0.2) is 0 Å². The lowest BCUT2D eigenvalue weighted by Crippen LogP contribution is -2.34. The van der Waals surface area contributed by atoms with Crippen LogP contribution >= 0.6 is 0 Å². The predicted octanol–water partition coefficient (Wildman–Crippen LogP) is 0.431. The average Bonchev–Trinajstić information content (AvgIpc) is 2.45. The van der Waals surface area contributed by atoms with Gasteiger partial charge in [0.1, 0.15) is 11.5 Å². The number of pyridine rings is 1. The highest BCUT2D eigenvalue weighted by atomic mass is 16.5. The van der Waals surface area contributed by atoms with Crippen LogP contribution in [0.3, 0.4) is 0 Å². The number of amides is 1. The van der Waals surface area contributed by atoms with Crippen molar-refractivity contribution >= 4 is 11.7 Å². The van der Waals surface area contributed by atoms with Crippen LogP contribution in [0.5, 0.6) is 0 Å². The fourth-order valence-electron chi connectivity index (χ4n) is 1.51. The van der Waals surface area contributed by atoms with Crippen LogP contribution in [-0.4, -0.2) is 63.2 Å². The maximum absolute atomic E-state index is 11.9. The van der Waals surface area contributed by atoms with Gasteiger partial charge in [-0.05, 0) is 19.2 Å². The van der Waals surface area contributed by atoms with Crippen LogP contribution in [0.4, 0.5) is 5.82 Å². The summed E-state index contributed by atoms with van der Waals surface area (Å²) in [5.41, 5.74) is 0.423. The molecule has 0 aliphatic heterocycles. The molecule has 6 heteroatoms. The molecule has 1 heterocycles. The number of likely N-dealkylation sites (N-methyl/N-ethyl adjacent to an activating group) is 1. The quantitative estimate of drug-likeness (QED) is 0.714. The molecule has 0 aromatic carbocycles. The maximum atomic E-state index is 11.9. The standard InChI is InChI=1S/C13H22N4O2/c1-14-12-6-4-5-11(16-12)13(18)15-7-8-17(2)9-10-19-3/h4-6H,7-10H2,1-3H3,(H,14,16)(H,15,18). The number of ether oxygens (including phenoxy) is 1. The Kier molecular flexibility index (Phi) is 6.84. The Bertz CT molecular complexity index is 398. The van der Waals surface area contributed by atoms with Crippen LogP contribution in [-0.2, 0) is 4.74 Å². The molecule has 1 rings (SSSR count). The predicted molar refractivity (Wildman–Crippen MR) is 75.5 cm³/mol. The normalized spacial score (nSPS) is 10.5. The zero-order valence-corrected chi connectivity index (χ0v) is 11.8. The molecule has 19 heavy (non-hydrogen) atoms. The molecule has 6 nitrogen and oxygen atoms in total. The van der Waals surface area contributed by atoms with Crippen LogP contribution in [0.25, 0.3) is 0 Å². The largest absolute Gasteiger partial charge is 0.383 e. The van der Waals surface area contributed by atoms with Gasteiger partial charge >= 0.3 is 0 Å². The smallest absolute Gasteiger partial charge is 0.270 e. The third-order valence-corrected chi connectivity index (χ3v) is 2.69. The molecule has 1 aromatic heterocycles. The second-order valence-corrected chi connectivity index (χ2v) is 4.21. The van der Waals surface area contributed by atoms with E-state index in [9.17, 15) is 4.79 Å². The van der Waals surface area contributed by atoms with Crippen molar-refractivity contribution in [3.05, 3.63) is 23.9 Å². The van der Waals surface area contributed by atoms with E-state index in [1.165, 1.54) is 0 Å². The lowest BCUT2D eigenvalue weighted by molar-refractivity contribution is 0.0942. The Hall–Kier alpha value is -1.66. The van der Waals surface area contributed by atoms with Gasteiger partial charge in [0, 0.05) is 33.8 Å². The van der Waals surface area contributed by atoms with Crippen LogP contribution < -0.4 is 10.6 Å². The van der Waals surface area contributed by atoms with Gasteiger partial charge in [-0.1, -0.05) is 6.07 Å². The van der Waals surface area contributed by atoms with E-state index >= 15 is 0 Å². The van der Waals surface area contributed by atoms with Crippen molar-refractivity contribution in [1.82, 2.24) is 15.2 Å². The molecule has 2 N–H and O–H groups in total. The number of carbonyl (C=O) groups is 1. The zero-order valence-electron chi connectivity index (χ0n) is 11.8. The van der Waals surface area contributed by atoms with Gasteiger partial charge in [-0.2, -0.15) is 0 Å². The van der Waals surface area contributed by atoms with Gasteiger partial charge in [-0.15, -0.1) is 0 Å². The van der Waals surface area contributed by atoms with Crippen LogP contribution in [0.1, 0.15) is 10.5 Å². The Morgan fingerprint density at radius 2 is 2.21 bits per heavy atom. The summed E-state index contributed by atoms with van der Waals surface area (Å²) < 4.78 is 4.99. The molecule has 0 unspecified atom stereocenters. The summed E-state index contributed by atoms with van der Waals surface area (Å²) in [5, 5.41) is 5.75. The number of anilines is 1. The third kappa shape index (κ3) is 5.67. The maximum Gasteiger partial charge on any atom is 0.270 e. The molecule has 0 atom stereocenters. The summed E-state index contributed by atoms with van der Waals surface area (Å²) >= 11 is 0. The minimum atomic E-state index is -0.155. The van der Waals surface area contributed by atoms with E-state index in [-0.39, 0.29) is 5.91 Å². The van der Waals surface area contributed by atoms with Crippen LogP contribution in [0.15, 0.2) is 18.2 Å². The van der Waals surface area contributed by atoms with Crippen molar-refractivity contribution in [2.75, 3.05) is 52.8 Å². The van der Waals surface area contributed by atoms with Crippen molar-refractivity contribution in [3.8, 4) is 0 Å². The highest BCUT2D eigenvalue weighted by Crippen LogP contribution is 2.03. The molecule has 0 saturated heterocycles. The van der Waals surface area contributed by atoms with E-state index in [2.05, 4.69) is 20.5 Å². The van der Waals surface area contributed by atoms with E-state index in [1.807, 2.05) is 13.1 Å². The van der Waals surface area contributed by atoms with Gasteiger partial charge in [-0.3, -0.25) is 4.79 Å². The van der Waals surface area contributed by atoms with Gasteiger partial charge in [0.25, 0.3) is 5.91 Å². The molecule has 106 valence electrons. The topological polar surface area (TPSA) is 66.5 Å². The third-order valence-electron chi connectivity index (χ3n) is 2.69. The number of hydrogen-bond acceptors (Lipinski definition) is 5. The van der Waals surface area contributed by atoms with E-state index in [0.717, 1.165) is 13.1 Å². The highest BCUT2D eigenvalue weighted by Gasteiger charge is 2.07. The van der Waals surface area contributed by atoms with E-state index < -0.39 is 0 Å². The fraction of sp³-hybridized carbons (Fsp3) is 0.538. The minimum absolute atomic E-state index is 0.155. The fourth-order valence-corrected chi connectivity index (χ4v) is 1.51. The summed E-state index contributed by atoms with van der Waals surface area (Å²) in [4.78, 5) is 18.1. The number of aromatic nitrogens is 1. The summed E-state index contributed by atoms with van der Waals surface area (Å²) in [6.07, 6.45) is 0. The molecule has 0 bridgehead atoms. The van der Waals surface area contributed by atoms with Crippen molar-refractivity contribution in [2.24, 2.45) is 0 Å². The summed E-state index contributed by atoms with van der Waals surface area (Å²) in [6.45, 7) is 2.90. The number of carbonyl (C=O) groups excluding carboxylic acids is 1. The van der Waals surface area contributed by atoms with Crippen LogP contribution in [0, 0.1) is 0 Å². The van der Waals surface area contributed by atoms with Gasteiger partial charge in [-0.25, -0.2) is 4.98 Å². The molecule has 1 aromatic rings.